The molecule has 0 radical (unpaired) electrons. The quantitative estimate of drug-likeness (QED) is 0.640. The van der Waals surface area contributed by atoms with Gasteiger partial charge < -0.3 is 5.32 Å². The van der Waals surface area contributed by atoms with E-state index in [2.05, 4.69) is 44.4 Å². The maximum Gasteiger partial charge on any atom is 0.0442 e. The maximum atomic E-state index is 4.32. The van der Waals surface area contributed by atoms with Crippen molar-refractivity contribution in [1.82, 2.24) is 10.3 Å². The van der Waals surface area contributed by atoms with Crippen molar-refractivity contribution in [3.63, 3.8) is 0 Å². The number of halogens is 1. The van der Waals surface area contributed by atoms with Gasteiger partial charge in [0, 0.05) is 28.8 Å². The Labute approximate surface area is 105 Å². The molecule has 0 spiro atoms. The zero-order valence-corrected chi connectivity index (χ0v) is 10.9. The molecule has 16 heavy (non-hydrogen) atoms. The van der Waals surface area contributed by atoms with E-state index in [9.17, 15) is 0 Å². The van der Waals surface area contributed by atoms with Crippen LogP contribution >= 0.6 is 15.9 Å². The molecule has 2 rings (SSSR count). The van der Waals surface area contributed by atoms with Crippen molar-refractivity contribution in [3.05, 3.63) is 40.6 Å². The number of nitrogens with zero attached hydrogens (tertiary/aromatic N) is 1. The third-order valence-corrected chi connectivity index (χ3v) is 3.07. The second-order valence-corrected chi connectivity index (χ2v) is 5.08. The third-order valence-electron chi connectivity index (χ3n) is 2.60. The summed E-state index contributed by atoms with van der Waals surface area (Å²) in [6, 6.07) is 4.91. The predicted molar refractivity (Wildman–Crippen MR) is 70.4 cm³/mol. The molecule has 0 aromatic carbocycles. The lowest BCUT2D eigenvalue weighted by Crippen LogP contribution is -2.16. The SMILES string of the molecule is Brc1ccc(C/C=C/CCNC2CC2)nc1. The molecule has 0 unspecified atom stereocenters. The molecular formula is C13H17BrN2. The van der Waals surface area contributed by atoms with Crippen molar-refractivity contribution in [2.75, 3.05) is 6.54 Å². The Morgan fingerprint density at radius 2 is 2.25 bits per heavy atom. The van der Waals surface area contributed by atoms with Gasteiger partial charge in [-0.05, 0) is 53.9 Å². The van der Waals surface area contributed by atoms with E-state index in [1.165, 1.54) is 12.8 Å². The van der Waals surface area contributed by atoms with Gasteiger partial charge in [-0.3, -0.25) is 4.98 Å². The zero-order valence-electron chi connectivity index (χ0n) is 9.32. The van der Waals surface area contributed by atoms with Gasteiger partial charge in [0.05, 0.1) is 0 Å². The molecule has 0 amide bonds. The van der Waals surface area contributed by atoms with E-state index in [0.717, 1.165) is 35.6 Å². The number of nitrogens with one attached hydrogen (secondary N) is 1. The van der Waals surface area contributed by atoms with Gasteiger partial charge in [-0.15, -0.1) is 0 Å². The highest BCUT2D eigenvalue weighted by atomic mass is 79.9. The number of pyridine rings is 1. The molecule has 1 aliphatic rings. The van der Waals surface area contributed by atoms with Gasteiger partial charge in [0.25, 0.3) is 0 Å². The molecule has 0 atom stereocenters. The van der Waals surface area contributed by atoms with Gasteiger partial charge in [0.1, 0.15) is 0 Å². The van der Waals surface area contributed by atoms with Crippen LogP contribution in [0.1, 0.15) is 25.0 Å². The lowest BCUT2D eigenvalue weighted by atomic mass is 10.2. The smallest absolute Gasteiger partial charge is 0.0442 e. The first-order valence-electron chi connectivity index (χ1n) is 5.83. The molecule has 1 fully saturated rings. The molecule has 1 heterocycles. The van der Waals surface area contributed by atoms with Crippen LogP contribution in [-0.2, 0) is 6.42 Å². The fourth-order valence-corrected chi connectivity index (χ4v) is 1.74. The van der Waals surface area contributed by atoms with Crippen molar-refractivity contribution < 1.29 is 0 Å². The summed E-state index contributed by atoms with van der Waals surface area (Å²) in [6.45, 7) is 1.11. The van der Waals surface area contributed by atoms with Crippen LogP contribution in [0.5, 0.6) is 0 Å². The lowest BCUT2D eigenvalue weighted by Gasteiger charge is -1.98. The van der Waals surface area contributed by atoms with Crippen molar-refractivity contribution >= 4 is 15.9 Å². The second kappa shape index (κ2) is 6.16. The fourth-order valence-electron chi connectivity index (χ4n) is 1.51. The first kappa shape index (κ1) is 11.8. The predicted octanol–water partition coefficient (Wildman–Crippen LogP) is 3.08. The summed E-state index contributed by atoms with van der Waals surface area (Å²) in [7, 11) is 0. The van der Waals surface area contributed by atoms with Gasteiger partial charge in [0.15, 0.2) is 0 Å². The number of hydrogen-bond donors (Lipinski definition) is 1. The molecule has 1 aromatic rings. The second-order valence-electron chi connectivity index (χ2n) is 4.16. The normalized spacial score (nSPS) is 15.8. The average molecular weight is 281 g/mol. The van der Waals surface area contributed by atoms with E-state index in [1.807, 2.05) is 12.3 Å². The van der Waals surface area contributed by atoms with Crippen LogP contribution in [0.4, 0.5) is 0 Å². The first-order valence-corrected chi connectivity index (χ1v) is 6.63. The summed E-state index contributed by atoms with van der Waals surface area (Å²) in [4.78, 5) is 4.32. The van der Waals surface area contributed by atoms with Gasteiger partial charge in [-0.1, -0.05) is 12.2 Å². The van der Waals surface area contributed by atoms with E-state index in [0.29, 0.717) is 0 Å². The summed E-state index contributed by atoms with van der Waals surface area (Å²) >= 11 is 3.38. The monoisotopic (exact) mass is 280 g/mol. The third kappa shape index (κ3) is 4.45. The van der Waals surface area contributed by atoms with E-state index in [4.69, 9.17) is 0 Å². The zero-order chi connectivity index (χ0) is 11.2. The first-order chi connectivity index (χ1) is 7.84. The lowest BCUT2D eigenvalue weighted by molar-refractivity contribution is 0.690. The minimum Gasteiger partial charge on any atom is -0.314 e. The van der Waals surface area contributed by atoms with Crippen LogP contribution in [-0.4, -0.2) is 17.6 Å². The number of hydrogen-bond acceptors (Lipinski definition) is 2. The van der Waals surface area contributed by atoms with Crippen molar-refractivity contribution in [2.24, 2.45) is 0 Å². The van der Waals surface area contributed by atoms with E-state index >= 15 is 0 Å². The average Bonchev–Trinajstić information content (AvgIpc) is 3.10. The highest BCUT2D eigenvalue weighted by Crippen LogP contribution is 2.18. The van der Waals surface area contributed by atoms with Gasteiger partial charge in [-0.2, -0.15) is 0 Å². The summed E-state index contributed by atoms with van der Waals surface area (Å²) in [5.74, 6) is 0. The Morgan fingerprint density at radius 1 is 1.38 bits per heavy atom. The Bertz CT molecular complexity index is 341. The van der Waals surface area contributed by atoms with Gasteiger partial charge in [0.2, 0.25) is 0 Å². The van der Waals surface area contributed by atoms with Crippen molar-refractivity contribution in [3.8, 4) is 0 Å². The molecule has 0 aliphatic heterocycles. The summed E-state index contributed by atoms with van der Waals surface area (Å²) in [5.41, 5.74) is 1.12. The Morgan fingerprint density at radius 3 is 2.94 bits per heavy atom. The van der Waals surface area contributed by atoms with Crippen LogP contribution in [0, 0.1) is 0 Å². The van der Waals surface area contributed by atoms with E-state index in [1.54, 1.807) is 0 Å². The van der Waals surface area contributed by atoms with Crippen molar-refractivity contribution in [2.45, 2.75) is 31.7 Å². The fraction of sp³-hybridized carbons (Fsp3) is 0.462. The topological polar surface area (TPSA) is 24.9 Å². The highest BCUT2D eigenvalue weighted by molar-refractivity contribution is 9.10. The largest absolute Gasteiger partial charge is 0.314 e. The van der Waals surface area contributed by atoms with Crippen LogP contribution in [0.15, 0.2) is 35.0 Å². The summed E-state index contributed by atoms with van der Waals surface area (Å²) in [5, 5.41) is 3.49. The van der Waals surface area contributed by atoms with E-state index in [-0.39, 0.29) is 0 Å². The van der Waals surface area contributed by atoms with Crippen molar-refractivity contribution in [1.29, 1.82) is 0 Å². The van der Waals surface area contributed by atoms with Crippen LogP contribution in [0.3, 0.4) is 0 Å². The van der Waals surface area contributed by atoms with Crippen LogP contribution in [0.25, 0.3) is 0 Å². The minimum atomic E-state index is 0.821. The number of aromatic nitrogens is 1. The Hall–Kier alpha value is -0.670. The Balaban J connectivity index is 1.61. The molecule has 0 saturated heterocycles. The standard InChI is InChI=1S/C13H17BrN2/c14-11-5-6-12(16-10-11)4-2-1-3-9-15-13-7-8-13/h1-2,5-6,10,13,15H,3-4,7-9H2/b2-1+. The number of rotatable bonds is 6. The molecule has 3 heteroatoms. The minimum absolute atomic E-state index is 0.821. The maximum absolute atomic E-state index is 4.32. The van der Waals surface area contributed by atoms with Gasteiger partial charge in [-0.25, -0.2) is 0 Å². The summed E-state index contributed by atoms with van der Waals surface area (Å²) in [6.07, 6.45) is 11.1. The van der Waals surface area contributed by atoms with Crippen LogP contribution < -0.4 is 5.32 Å². The molecule has 1 N–H and O–H groups in total. The Kier molecular flexibility index (Phi) is 4.55. The molecular weight excluding hydrogens is 264 g/mol. The van der Waals surface area contributed by atoms with Gasteiger partial charge >= 0.3 is 0 Å². The molecule has 1 aliphatic carbocycles. The molecule has 1 aromatic heterocycles. The van der Waals surface area contributed by atoms with Crippen LogP contribution in [0.2, 0.25) is 0 Å². The molecule has 0 bridgehead atoms. The molecule has 1 saturated carbocycles. The highest BCUT2D eigenvalue weighted by Gasteiger charge is 2.19. The van der Waals surface area contributed by atoms with E-state index < -0.39 is 0 Å². The molecule has 86 valence electrons. The number of allylic oxidation sites excluding steroid dienone is 1. The summed E-state index contributed by atoms with van der Waals surface area (Å²) < 4.78 is 1.04. The molecule has 2 nitrogen and oxygen atoms in total.